The summed E-state index contributed by atoms with van der Waals surface area (Å²) < 4.78 is 1.89. The first-order valence-corrected chi connectivity index (χ1v) is 6.75. The predicted octanol–water partition coefficient (Wildman–Crippen LogP) is 1.59. The van der Waals surface area contributed by atoms with Gasteiger partial charge in [-0.1, -0.05) is 0 Å². The molecule has 6 heteroatoms. The Morgan fingerprint density at radius 1 is 1.44 bits per heavy atom. The monoisotopic (exact) mass is 265 g/mol. The molecule has 0 aliphatic heterocycles. The Kier molecular flexibility index (Phi) is 3.68. The topological polar surface area (TPSA) is 60.0 Å². The number of thiazole rings is 1. The molecular formula is C12H19N5S. The number of rotatable bonds is 4. The van der Waals surface area contributed by atoms with Crippen LogP contribution in [-0.2, 0) is 20.1 Å². The van der Waals surface area contributed by atoms with Gasteiger partial charge in [-0.15, -0.1) is 11.3 Å². The fourth-order valence-corrected chi connectivity index (χ4v) is 2.81. The third kappa shape index (κ3) is 2.39. The maximum atomic E-state index is 5.81. The summed E-state index contributed by atoms with van der Waals surface area (Å²) in [5.41, 5.74) is 8.99. The van der Waals surface area contributed by atoms with E-state index in [0.29, 0.717) is 6.54 Å². The molecule has 0 saturated heterocycles. The van der Waals surface area contributed by atoms with Crippen LogP contribution in [0.25, 0.3) is 0 Å². The lowest BCUT2D eigenvalue weighted by molar-refractivity contribution is 0.722. The third-order valence-corrected chi connectivity index (χ3v) is 3.77. The minimum atomic E-state index is 0.509. The summed E-state index contributed by atoms with van der Waals surface area (Å²) in [4.78, 5) is 6.63. The lowest BCUT2D eigenvalue weighted by atomic mass is 10.2. The predicted molar refractivity (Wildman–Crippen MR) is 74.8 cm³/mol. The van der Waals surface area contributed by atoms with Crippen LogP contribution in [0.1, 0.15) is 22.0 Å². The highest BCUT2D eigenvalue weighted by molar-refractivity contribution is 7.09. The van der Waals surface area contributed by atoms with Crippen LogP contribution < -0.4 is 10.6 Å². The lowest BCUT2D eigenvalue weighted by Crippen LogP contribution is -2.21. The number of nitrogens with two attached hydrogens (primary N) is 1. The fraction of sp³-hybridized carbons (Fsp3) is 0.500. The Bertz CT molecular complexity index is 543. The molecule has 2 rings (SSSR count). The van der Waals surface area contributed by atoms with Crippen LogP contribution >= 0.6 is 11.3 Å². The molecule has 0 aliphatic rings. The van der Waals surface area contributed by atoms with Crippen LogP contribution in [0.3, 0.4) is 0 Å². The molecule has 0 fully saturated rings. The van der Waals surface area contributed by atoms with Crippen molar-refractivity contribution in [2.75, 3.05) is 11.9 Å². The quantitative estimate of drug-likeness (QED) is 0.912. The minimum Gasteiger partial charge on any atom is -0.354 e. The van der Waals surface area contributed by atoms with Crippen molar-refractivity contribution < 1.29 is 0 Å². The minimum absolute atomic E-state index is 0.509. The van der Waals surface area contributed by atoms with E-state index in [2.05, 4.69) is 20.4 Å². The molecule has 0 aliphatic carbocycles. The number of hydrogen-bond acceptors (Lipinski definition) is 5. The first-order valence-electron chi connectivity index (χ1n) is 5.87. The molecule has 0 saturated carbocycles. The highest BCUT2D eigenvalue weighted by Crippen LogP contribution is 2.23. The summed E-state index contributed by atoms with van der Waals surface area (Å²) in [6, 6.07) is 0. The summed E-state index contributed by atoms with van der Waals surface area (Å²) in [5, 5.41) is 7.62. The van der Waals surface area contributed by atoms with Gasteiger partial charge in [0.15, 0.2) is 0 Å². The maximum absolute atomic E-state index is 5.81. The molecule has 2 heterocycles. The van der Waals surface area contributed by atoms with Crippen LogP contribution in [0.5, 0.6) is 0 Å². The van der Waals surface area contributed by atoms with Crippen LogP contribution in [0.2, 0.25) is 0 Å². The van der Waals surface area contributed by atoms with Crippen LogP contribution in [0, 0.1) is 13.8 Å². The van der Waals surface area contributed by atoms with E-state index in [-0.39, 0.29) is 0 Å². The molecule has 0 amide bonds. The average molecular weight is 265 g/mol. The normalized spacial score (nSPS) is 10.9. The van der Waals surface area contributed by atoms with E-state index in [1.54, 1.807) is 11.3 Å². The first-order chi connectivity index (χ1) is 8.52. The van der Waals surface area contributed by atoms with Gasteiger partial charge in [-0.25, -0.2) is 4.98 Å². The second-order valence-electron chi connectivity index (χ2n) is 4.43. The maximum Gasteiger partial charge on any atom is 0.131 e. The molecule has 2 aromatic heterocycles. The Morgan fingerprint density at radius 2 is 2.17 bits per heavy atom. The second kappa shape index (κ2) is 5.07. The highest BCUT2D eigenvalue weighted by atomic mass is 32.1. The van der Waals surface area contributed by atoms with Crippen LogP contribution in [-0.4, -0.2) is 21.8 Å². The van der Waals surface area contributed by atoms with Gasteiger partial charge in [0.25, 0.3) is 0 Å². The SMILES string of the molecule is Cc1nc(CN(C)c2c(CN)c(C)nn2C)cs1. The standard InChI is InChI=1S/C12H19N5S/c1-8-11(5-13)12(17(4)15-8)16(3)6-10-7-18-9(2)14-10/h7H,5-6,13H2,1-4H3. The van der Waals surface area contributed by atoms with Crippen molar-refractivity contribution in [3.8, 4) is 0 Å². The smallest absolute Gasteiger partial charge is 0.131 e. The summed E-state index contributed by atoms with van der Waals surface area (Å²) in [6.07, 6.45) is 0. The Morgan fingerprint density at radius 3 is 2.72 bits per heavy atom. The molecular weight excluding hydrogens is 246 g/mol. The number of aryl methyl sites for hydroxylation is 3. The Labute approximate surface area is 111 Å². The second-order valence-corrected chi connectivity index (χ2v) is 5.49. The van der Waals surface area contributed by atoms with Crippen LogP contribution in [0.15, 0.2) is 5.38 Å². The average Bonchev–Trinajstić information content (AvgIpc) is 2.82. The molecule has 5 nitrogen and oxygen atoms in total. The molecule has 2 aromatic rings. The van der Waals surface area contributed by atoms with Crippen molar-refractivity contribution in [1.82, 2.24) is 14.8 Å². The Balaban J connectivity index is 2.25. The molecule has 0 atom stereocenters. The van der Waals surface area contributed by atoms with E-state index >= 15 is 0 Å². The van der Waals surface area contributed by atoms with E-state index in [9.17, 15) is 0 Å². The molecule has 0 bridgehead atoms. The van der Waals surface area contributed by atoms with Gasteiger partial charge in [0.2, 0.25) is 0 Å². The zero-order valence-corrected chi connectivity index (χ0v) is 12.1. The zero-order chi connectivity index (χ0) is 13.3. The molecule has 0 spiro atoms. The van der Waals surface area contributed by atoms with E-state index in [1.807, 2.05) is 32.6 Å². The molecule has 0 unspecified atom stereocenters. The lowest BCUT2D eigenvalue weighted by Gasteiger charge is -2.19. The van der Waals surface area contributed by atoms with Gasteiger partial charge in [-0.2, -0.15) is 5.10 Å². The number of aromatic nitrogens is 3. The number of nitrogens with zero attached hydrogens (tertiary/aromatic N) is 4. The largest absolute Gasteiger partial charge is 0.354 e. The molecule has 18 heavy (non-hydrogen) atoms. The van der Waals surface area contributed by atoms with E-state index in [4.69, 9.17) is 5.73 Å². The van der Waals surface area contributed by atoms with Gasteiger partial charge in [0.1, 0.15) is 5.82 Å². The molecule has 2 N–H and O–H groups in total. The van der Waals surface area contributed by atoms with E-state index in [1.165, 1.54) is 0 Å². The van der Waals surface area contributed by atoms with Crippen molar-refractivity contribution in [1.29, 1.82) is 0 Å². The Hall–Kier alpha value is -1.40. The fourth-order valence-electron chi connectivity index (χ4n) is 2.21. The molecule has 0 aromatic carbocycles. The molecule has 98 valence electrons. The molecule has 0 radical (unpaired) electrons. The van der Waals surface area contributed by atoms with Gasteiger partial charge in [-0.05, 0) is 13.8 Å². The van der Waals surface area contributed by atoms with Gasteiger partial charge < -0.3 is 10.6 Å². The summed E-state index contributed by atoms with van der Waals surface area (Å²) in [7, 11) is 3.99. The van der Waals surface area contributed by atoms with Crippen molar-refractivity contribution in [2.24, 2.45) is 12.8 Å². The van der Waals surface area contributed by atoms with Gasteiger partial charge in [0.05, 0.1) is 22.9 Å². The van der Waals surface area contributed by atoms with Crippen molar-refractivity contribution >= 4 is 17.2 Å². The number of hydrogen-bond donors (Lipinski definition) is 1. The van der Waals surface area contributed by atoms with Crippen molar-refractivity contribution in [2.45, 2.75) is 26.9 Å². The number of anilines is 1. The van der Waals surface area contributed by atoms with Crippen LogP contribution in [0.4, 0.5) is 5.82 Å². The van der Waals surface area contributed by atoms with Crippen molar-refractivity contribution in [3.05, 3.63) is 27.3 Å². The van der Waals surface area contributed by atoms with Gasteiger partial charge >= 0.3 is 0 Å². The van der Waals surface area contributed by atoms with Crippen molar-refractivity contribution in [3.63, 3.8) is 0 Å². The summed E-state index contributed by atoms with van der Waals surface area (Å²) in [6.45, 7) is 5.30. The van der Waals surface area contributed by atoms with E-state index in [0.717, 1.165) is 34.3 Å². The highest BCUT2D eigenvalue weighted by Gasteiger charge is 2.16. The van der Waals surface area contributed by atoms with Gasteiger partial charge in [-0.3, -0.25) is 4.68 Å². The van der Waals surface area contributed by atoms with Gasteiger partial charge in [0, 0.05) is 31.6 Å². The summed E-state index contributed by atoms with van der Waals surface area (Å²) in [5.74, 6) is 1.07. The zero-order valence-electron chi connectivity index (χ0n) is 11.3. The summed E-state index contributed by atoms with van der Waals surface area (Å²) >= 11 is 1.68. The van der Waals surface area contributed by atoms with E-state index < -0.39 is 0 Å². The first kappa shape index (κ1) is 13.0. The third-order valence-electron chi connectivity index (χ3n) is 2.94.